The lowest BCUT2D eigenvalue weighted by molar-refractivity contribution is -0.127. The quantitative estimate of drug-likeness (QED) is 0.395. The topological polar surface area (TPSA) is 87.7 Å². The van der Waals surface area contributed by atoms with Gasteiger partial charge in [0.05, 0.1) is 0 Å². The molecular weight excluding hydrogens is 472 g/mol. The van der Waals surface area contributed by atoms with Gasteiger partial charge in [0.25, 0.3) is 11.5 Å². The number of nitrogens with zero attached hydrogens (tertiary/aromatic N) is 4. The molecule has 7 nitrogen and oxygen atoms in total. The third-order valence-electron chi connectivity index (χ3n) is 5.36. The number of piperidine rings is 1. The summed E-state index contributed by atoms with van der Waals surface area (Å²) in [5, 5.41) is 9.71. The minimum atomic E-state index is -0.412. The molecule has 8 heteroatoms. The van der Waals surface area contributed by atoms with Gasteiger partial charge in [0, 0.05) is 23.8 Å². The molecule has 0 atom stereocenters. The number of ether oxygens (including phenoxy) is 1. The van der Waals surface area contributed by atoms with Crippen molar-refractivity contribution in [2.45, 2.75) is 26.2 Å². The zero-order chi connectivity index (χ0) is 22.7. The van der Waals surface area contributed by atoms with E-state index in [9.17, 15) is 14.9 Å². The first kappa shape index (κ1) is 21.8. The molecule has 0 spiro atoms. The molecule has 0 saturated carbocycles. The van der Waals surface area contributed by atoms with E-state index in [0.29, 0.717) is 24.5 Å². The number of aromatic nitrogens is 2. The lowest BCUT2D eigenvalue weighted by Crippen LogP contribution is -2.36. The molecule has 3 aromatic rings. The van der Waals surface area contributed by atoms with Gasteiger partial charge in [-0.2, -0.15) is 10.2 Å². The van der Waals surface area contributed by atoms with Crippen LogP contribution in [0, 0.1) is 18.3 Å². The van der Waals surface area contributed by atoms with Gasteiger partial charge in [-0.05, 0) is 68.2 Å². The maximum absolute atomic E-state index is 13.4. The molecule has 2 aromatic heterocycles. The van der Waals surface area contributed by atoms with E-state index in [1.165, 1.54) is 10.5 Å². The van der Waals surface area contributed by atoms with E-state index in [-0.39, 0.29) is 22.9 Å². The Balaban J connectivity index is 1.85. The molecule has 0 unspecified atom stereocenters. The second-order valence-electron chi connectivity index (χ2n) is 7.60. The number of carbonyl (C=O) groups is 1. The smallest absolute Gasteiger partial charge is 0.269 e. The Morgan fingerprint density at radius 2 is 1.91 bits per heavy atom. The average molecular weight is 493 g/mol. The summed E-state index contributed by atoms with van der Waals surface area (Å²) in [5.41, 5.74) is 0.773. The number of amides is 1. The molecule has 4 rings (SSSR count). The summed E-state index contributed by atoms with van der Waals surface area (Å²) in [6.07, 6.45) is 5.78. The highest BCUT2D eigenvalue weighted by molar-refractivity contribution is 9.10. The Bertz CT molecular complexity index is 1300. The van der Waals surface area contributed by atoms with Crippen molar-refractivity contribution in [1.82, 2.24) is 14.3 Å². The van der Waals surface area contributed by atoms with Crippen LogP contribution in [-0.4, -0.2) is 33.3 Å². The average Bonchev–Trinajstić information content (AvgIpc) is 2.81. The number of halogens is 1. The summed E-state index contributed by atoms with van der Waals surface area (Å²) >= 11 is 3.38. The summed E-state index contributed by atoms with van der Waals surface area (Å²) in [6, 6.07) is 12.7. The van der Waals surface area contributed by atoms with Crippen molar-refractivity contribution in [3.05, 3.63) is 74.1 Å². The predicted molar refractivity (Wildman–Crippen MR) is 124 cm³/mol. The molecule has 1 amide bonds. The predicted octanol–water partition coefficient (Wildman–Crippen LogP) is 4.48. The largest absolute Gasteiger partial charge is 0.438 e. The maximum Gasteiger partial charge on any atom is 0.269 e. The highest BCUT2D eigenvalue weighted by Crippen LogP contribution is 2.26. The van der Waals surface area contributed by atoms with Crippen LogP contribution in [0.15, 0.2) is 57.4 Å². The van der Waals surface area contributed by atoms with E-state index in [0.717, 1.165) is 29.3 Å². The fraction of sp³-hybridized carbons (Fsp3) is 0.250. The summed E-state index contributed by atoms with van der Waals surface area (Å²) in [6.45, 7) is 3.06. The number of nitriles is 1. The van der Waals surface area contributed by atoms with Crippen molar-refractivity contribution >= 4 is 33.6 Å². The summed E-state index contributed by atoms with van der Waals surface area (Å²) < 4.78 is 8.23. The van der Waals surface area contributed by atoms with Crippen molar-refractivity contribution in [3.8, 4) is 17.7 Å². The number of hydrogen-bond acceptors (Lipinski definition) is 5. The molecule has 1 saturated heterocycles. The van der Waals surface area contributed by atoms with Crippen molar-refractivity contribution < 1.29 is 9.53 Å². The molecule has 32 heavy (non-hydrogen) atoms. The summed E-state index contributed by atoms with van der Waals surface area (Å²) in [4.78, 5) is 32.5. The molecule has 0 aliphatic carbocycles. The van der Waals surface area contributed by atoms with Crippen LogP contribution in [0.4, 0.5) is 0 Å². The van der Waals surface area contributed by atoms with Crippen molar-refractivity contribution in [2.24, 2.45) is 0 Å². The van der Waals surface area contributed by atoms with Crippen molar-refractivity contribution in [2.75, 3.05) is 13.1 Å². The number of fused-ring (bicyclic) bond motifs is 1. The van der Waals surface area contributed by atoms with Gasteiger partial charge in [0.15, 0.2) is 0 Å². The number of likely N-dealkylation sites (tertiary alicyclic amines) is 1. The van der Waals surface area contributed by atoms with Crippen LogP contribution >= 0.6 is 15.9 Å². The van der Waals surface area contributed by atoms with Crippen LogP contribution in [0.1, 0.15) is 30.4 Å². The van der Waals surface area contributed by atoms with Crippen molar-refractivity contribution in [1.29, 1.82) is 5.26 Å². The van der Waals surface area contributed by atoms with Crippen LogP contribution in [0.25, 0.3) is 11.7 Å². The number of benzene rings is 1. The maximum atomic E-state index is 13.4. The van der Waals surface area contributed by atoms with E-state index in [4.69, 9.17) is 4.74 Å². The number of pyridine rings is 1. The second kappa shape index (κ2) is 9.37. The molecule has 1 aliphatic rings. The number of aryl methyl sites for hydroxylation is 1. The molecule has 162 valence electrons. The Morgan fingerprint density at radius 3 is 2.59 bits per heavy atom. The Labute approximate surface area is 193 Å². The van der Waals surface area contributed by atoms with E-state index in [2.05, 4.69) is 20.9 Å². The molecule has 1 fully saturated rings. The Hall–Kier alpha value is -3.44. The summed E-state index contributed by atoms with van der Waals surface area (Å²) in [5.74, 6) is 0.148. The second-order valence-corrected chi connectivity index (χ2v) is 8.51. The van der Waals surface area contributed by atoms with Gasteiger partial charge >= 0.3 is 0 Å². The van der Waals surface area contributed by atoms with Crippen molar-refractivity contribution in [3.63, 3.8) is 0 Å². The fourth-order valence-corrected chi connectivity index (χ4v) is 3.93. The van der Waals surface area contributed by atoms with Crippen LogP contribution in [-0.2, 0) is 4.79 Å². The number of hydrogen-bond donors (Lipinski definition) is 0. The normalized spacial score (nSPS) is 14.3. The van der Waals surface area contributed by atoms with Crippen LogP contribution in [0.5, 0.6) is 11.6 Å². The molecule has 0 radical (unpaired) electrons. The van der Waals surface area contributed by atoms with Gasteiger partial charge in [0.1, 0.15) is 28.6 Å². The third-order valence-corrected chi connectivity index (χ3v) is 5.89. The van der Waals surface area contributed by atoms with E-state index in [1.54, 1.807) is 29.3 Å². The van der Waals surface area contributed by atoms with Crippen LogP contribution in [0.2, 0.25) is 0 Å². The van der Waals surface area contributed by atoms with Gasteiger partial charge in [-0.3, -0.25) is 14.0 Å². The monoisotopic (exact) mass is 492 g/mol. The first-order chi connectivity index (χ1) is 15.5. The highest BCUT2D eigenvalue weighted by Gasteiger charge is 2.23. The number of carbonyl (C=O) groups excluding carboxylic acids is 1. The third kappa shape index (κ3) is 4.43. The molecule has 1 aliphatic heterocycles. The Kier molecular flexibility index (Phi) is 6.37. The van der Waals surface area contributed by atoms with Gasteiger partial charge in [-0.25, -0.2) is 0 Å². The van der Waals surface area contributed by atoms with E-state index < -0.39 is 5.56 Å². The molecule has 3 heterocycles. The molecule has 0 bridgehead atoms. The van der Waals surface area contributed by atoms with Crippen LogP contribution in [0.3, 0.4) is 0 Å². The Morgan fingerprint density at radius 1 is 1.19 bits per heavy atom. The zero-order valence-electron chi connectivity index (χ0n) is 17.5. The van der Waals surface area contributed by atoms with Gasteiger partial charge in [-0.15, -0.1) is 0 Å². The van der Waals surface area contributed by atoms with E-state index in [1.807, 2.05) is 31.2 Å². The zero-order valence-corrected chi connectivity index (χ0v) is 19.1. The minimum absolute atomic E-state index is 0.0471. The number of rotatable bonds is 4. The summed E-state index contributed by atoms with van der Waals surface area (Å²) in [7, 11) is 0. The van der Waals surface area contributed by atoms with Gasteiger partial charge < -0.3 is 9.64 Å². The molecule has 1 aromatic carbocycles. The van der Waals surface area contributed by atoms with E-state index >= 15 is 0 Å². The first-order valence-electron chi connectivity index (χ1n) is 10.3. The van der Waals surface area contributed by atoms with Gasteiger partial charge in [-0.1, -0.05) is 22.0 Å². The minimum Gasteiger partial charge on any atom is -0.438 e. The fourth-order valence-electron chi connectivity index (χ4n) is 3.66. The van der Waals surface area contributed by atoms with Crippen LogP contribution < -0.4 is 10.3 Å². The SMILES string of the molecule is Cc1cccn2c(=O)c(C=C(C#N)C(=O)N3CCCCC3)c(Oc3ccc(Br)cc3)nc12. The lowest BCUT2D eigenvalue weighted by Gasteiger charge is -2.26. The first-order valence-corrected chi connectivity index (χ1v) is 11.1. The molecule has 0 N–H and O–H groups in total. The van der Waals surface area contributed by atoms with Gasteiger partial charge in [0.2, 0.25) is 5.88 Å². The lowest BCUT2D eigenvalue weighted by atomic mass is 10.1. The molecular formula is C24H21BrN4O3. The highest BCUT2D eigenvalue weighted by atomic mass is 79.9. The standard InChI is InChI=1S/C24H21BrN4O3/c1-16-6-5-13-29-21(16)27-22(32-19-9-7-18(25)8-10-19)20(24(29)31)14-17(15-26)23(30)28-11-3-2-4-12-28/h5-10,13-14H,2-4,11-12H2,1H3.